The van der Waals surface area contributed by atoms with Crippen molar-refractivity contribution in [2.75, 3.05) is 26.5 Å². The first-order valence-corrected chi connectivity index (χ1v) is 8.16. The van der Waals surface area contributed by atoms with Crippen molar-refractivity contribution in [3.8, 4) is 5.75 Å². The van der Waals surface area contributed by atoms with Crippen LogP contribution in [0.4, 0.5) is 10.6 Å². The molecule has 1 rings (SSSR count). The lowest BCUT2D eigenvalue weighted by atomic mass is 10.2. The molecule has 0 aliphatic heterocycles. The lowest BCUT2D eigenvalue weighted by Gasteiger charge is -2.19. The molecule has 120 valence electrons. The third-order valence-electron chi connectivity index (χ3n) is 2.16. The molecule has 1 aromatic heterocycles. The number of nitrogens with one attached hydrogen (secondary N) is 1. The van der Waals surface area contributed by atoms with Crippen LogP contribution in [-0.2, 0) is 14.8 Å². The van der Waals surface area contributed by atoms with Gasteiger partial charge in [-0.1, -0.05) is 0 Å². The highest BCUT2D eigenvalue weighted by Crippen LogP contribution is 2.36. The first-order valence-electron chi connectivity index (χ1n) is 5.95. The Bertz CT molecular complexity index is 616. The predicted octanol–water partition coefficient (Wildman–Crippen LogP) is 1.75. The van der Waals surface area contributed by atoms with Gasteiger partial charge in [0.1, 0.15) is 5.60 Å². The molecule has 0 saturated heterocycles. The lowest BCUT2D eigenvalue weighted by Crippen LogP contribution is -2.27. The minimum absolute atomic E-state index is 0.0113. The van der Waals surface area contributed by atoms with Gasteiger partial charge in [0.2, 0.25) is 0 Å². The molecule has 0 saturated carbocycles. The number of hydrogen-bond donors (Lipinski definition) is 1. The van der Waals surface area contributed by atoms with Crippen LogP contribution in [0.3, 0.4) is 0 Å². The molecule has 8 nitrogen and oxygen atoms in total. The number of ether oxygens (including phenoxy) is 2. The van der Waals surface area contributed by atoms with Crippen LogP contribution in [0, 0.1) is 0 Å². The summed E-state index contributed by atoms with van der Waals surface area (Å²) in [7, 11) is 0.403. The number of methoxy groups -OCH3 is 1. The Morgan fingerprint density at radius 1 is 1.33 bits per heavy atom. The minimum atomic E-state index is -3.70. The zero-order valence-electron chi connectivity index (χ0n) is 12.8. The number of hydrogen-bond acceptors (Lipinski definition) is 7. The van der Waals surface area contributed by atoms with E-state index in [1.54, 1.807) is 20.8 Å². The van der Waals surface area contributed by atoms with Crippen molar-refractivity contribution >= 4 is 33.5 Å². The van der Waals surface area contributed by atoms with Gasteiger partial charge in [0.25, 0.3) is 10.0 Å². The second-order valence-electron chi connectivity index (χ2n) is 5.27. The van der Waals surface area contributed by atoms with E-state index in [4.69, 9.17) is 9.47 Å². The molecule has 0 aliphatic carbocycles. The van der Waals surface area contributed by atoms with E-state index in [0.29, 0.717) is 0 Å². The molecule has 0 fully saturated rings. The van der Waals surface area contributed by atoms with Crippen molar-refractivity contribution in [1.29, 1.82) is 0 Å². The van der Waals surface area contributed by atoms with Crippen molar-refractivity contribution in [3.63, 3.8) is 0 Å². The zero-order valence-corrected chi connectivity index (χ0v) is 14.4. The summed E-state index contributed by atoms with van der Waals surface area (Å²) < 4.78 is 39.2. The quantitative estimate of drug-likeness (QED) is 0.899. The van der Waals surface area contributed by atoms with Crippen LogP contribution in [0.1, 0.15) is 20.8 Å². The van der Waals surface area contributed by atoms with E-state index in [-0.39, 0.29) is 15.8 Å². The van der Waals surface area contributed by atoms with Gasteiger partial charge < -0.3 is 9.47 Å². The highest BCUT2D eigenvalue weighted by molar-refractivity contribution is 7.91. The van der Waals surface area contributed by atoms with Gasteiger partial charge in [-0.3, -0.25) is 5.32 Å². The number of amides is 1. The van der Waals surface area contributed by atoms with Gasteiger partial charge in [0.15, 0.2) is 15.8 Å². The number of sulfonamides is 1. The maximum Gasteiger partial charge on any atom is 0.413 e. The molecule has 0 atom stereocenters. The second-order valence-corrected chi connectivity index (χ2v) is 8.39. The maximum atomic E-state index is 12.1. The minimum Gasteiger partial charge on any atom is -0.491 e. The molecule has 0 radical (unpaired) electrons. The topological polar surface area (TPSA) is 97.8 Å². The molecule has 1 aromatic rings. The van der Waals surface area contributed by atoms with Crippen LogP contribution in [0.15, 0.2) is 4.21 Å². The molecule has 10 heteroatoms. The summed E-state index contributed by atoms with van der Waals surface area (Å²) >= 11 is 0.721. The van der Waals surface area contributed by atoms with Crippen molar-refractivity contribution in [2.45, 2.75) is 30.6 Å². The molecule has 1 amide bonds. The van der Waals surface area contributed by atoms with E-state index in [0.717, 1.165) is 15.8 Å². The molecule has 1 heterocycles. The Balaban J connectivity index is 3.08. The van der Waals surface area contributed by atoms with E-state index in [9.17, 15) is 13.2 Å². The Labute approximate surface area is 128 Å². The van der Waals surface area contributed by atoms with Crippen molar-refractivity contribution in [2.24, 2.45) is 0 Å². The molecule has 0 unspecified atom stereocenters. The summed E-state index contributed by atoms with van der Waals surface area (Å²) in [6, 6.07) is 0. The van der Waals surface area contributed by atoms with Gasteiger partial charge >= 0.3 is 6.09 Å². The van der Waals surface area contributed by atoms with Crippen LogP contribution >= 0.6 is 11.5 Å². The van der Waals surface area contributed by atoms with Gasteiger partial charge in [0, 0.05) is 14.1 Å². The molecule has 0 spiro atoms. The molecule has 0 aliphatic rings. The summed E-state index contributed by atoms with van der Waals surface area (Å²) in [4.78, 5) is 11.7. The van der Waals surface area contributed by atoms with Gasteiger partial charge in [-0.25, -0.2) is 17.5 Å². The number of rotatable bonds is 4. The first-order chi connectivity index (χ1) is 9.49. The summed E-state index contributed by atoms with van der Waals surface area (Å²) in [5, 5.41) is 2.38. The Morgan fingerprint density at radius 3 is 2.33 bits per heavy atom. The smallest absolute Gasteiger partial charge is 0.413 e. The SMILES string of the molecule is COc1c(NC(=O)OC(C)(C)C)nsc1S(=O)(=O)N(C)C. The summed E-state index contributed by atoms with van der Waals surface area (Å²) in [6.45, 7) is 5.15. The van der Waals surface area contributed by atoms with Crippen LogP contribution in [0.25, 0.3) is 0 Å². The van der Waals surface area contributed by atoms with E-state index in [2.05, 4.69) is 9.69 Å². The summed E-state index contributed by atoms with van der Waals surface area (Å²) in [5.74, 6) is -0.00302. The third-order valence-corrected chi connectivity index (χ3v) is 5.25. The summed E-state index contributed by atoms with van der Waals surface area (Å²) in [5.41, 5.74) is -0.675. The van der Waals surface area contributed by atoms with E-state index in [1.807, 2.05) is 0 Å². The first kappa shape index (κ1) is 17.7. The largest absolute Gasteiger partial charge is 0.491 e. The molecular weight excluding hydrogens is 318 g/mol. The molecule has 0 bridgehead atoms. The lowest BCUT2D eigenvalue weighted by molar-refractivity contribution is 0.0635. The van der Waals surface area contributed by atoms with Crippen molar-refractivity contribution in [1.82, 2.24) is 8.68 Å². The van der Waals surface area contributed by atoms with Gasteiger partial charge in [0.05, 0.1) is 7.11 Å². The van der Waals surface area contributed by atoms with Gasteiger partial charge in [-0.2, -0.15) is 4.37 Å². The Kier molecular flexibility index (Phi) is 5.18. The average Bonchev–Trinajstić information content (AvgIpc) is 2.69. The second kappa shape index (κ2) is 6.16. The molecule has 0 aromatic carbocycles. The Morgan fingerprint density at radius 2 is 1.90 bits per heavy atom. The van der Waals surface area contributed by atoms with Crippen LogP contribution in [0.5, 0.6) is 5.75 Å². The standard InChI is InChI=1S/C11H19N3O5S2/c1-11(2,3)19-10(15)12-8-7(18-6)9(20-13-8)21(16,17)14(4)5/h1-6H3,(H,12,13,15). The predicted molar refractivity (Wildman–Crippen MR) is 79.4 cm³/mol. The summed E-state index contributed by atoms with van der Waals surface area (Å²) in [6.07, 6.45) is -0.736. The van der Waals surface area contributed by atoms with Crippen molar-refractivity contribution in [3.05, 3.63) is 0 Å². The van der Waals surface area contributed by atoms with Crippen LogP contribution < -0.4 is 10.1 Å². The number of carbonyl (C=O) groups excluding carboxylic acids is 1. The monoisotopic (exact) mass is 337 g/mol. The van der Waals surface area contributed by atoms with Crippen molar-refractivity contribution < 1.29 is 22.7 Å². The highest BCUT2D eigenvalue weighted by atomic mass is 32.2. The number of carbonyl (C=O) groups is 1. The number of anilines is 1. The van der Waals surface area contributed by atoms with Crippen LogP contribution in [0.2, 0.25) is 0 Å². The van der Waals surface area contributed by atoms with Gasteiger partial charge in [-0.15, -0.1) is 0 Å². The maximum absolute atomic E-state index is 12.1. The fourth-order valence-corrected chi connectivity index (χ4v) is 3.50. The third kappa shape index (κ3) is 4.29. The normalized spacial score (nSPS) is 12.3. The average molecular weight is 337 g/mol. The number of aromatic nitrogens is 1. The molecule has 1 N–H and O–H groups in total. The highest BCUT2D eigenvalue weighted by Gasteiger charge is 2.29. The van der Waals surface area contributed by atoms with E-state index >= 15 is 0 Å². The van der Waals surface area contributed by atoms with E-state index in [1.165, 1.54) is 21.2 Å². The molecule has 21 heavy (non-hydrogen) atoms. The fraction of sp³-hybridized carbons (Fsp3) is 0.636. The Hall–Kier alpha value is -1.39. The zero-order chi connectivity index (χ0) is 16.4. The fourth-order valence-electron chi connectivity index (χ4n) is 1.26. The number of nitrogens with zero attached hydrogens (tertiary/aromatic N) is 2. The van der Waals surface area contributed by atoms with E-state index < -0.39 is 21.7 Å². The van der Waals surface area contributed by atoms with Crippen LogP contribution in [-0.4, -0.2) is 50.0 Å². The van der Waals surface area contributed by atoms with Gasteiger partial charge in [-0.05, 0) is 32.3 Å². The molecular formula is C11H19N3O5S2.